The van der Waals surface area contributed by atoms with Crippen molar-refractivity contribution < 1.29 is 0 Å². The number of rotatable bonds is 0. The summed E-state index contributed by atoms with van der Waals surface area (Å²) in [6.45, 7) is 1.03. The van der Waals surface area contributed by atoms with Gasteiger partial charge in [-0.05, 0) is 38.9 Å². The summed E-state index contributed by atoms with van der Waals surface area (Å²) in [4.78, 5) is 0. The van der Waals surface area contributed by atoms with Gasteiger partial charge in [-0.15, -0.1) is 0 Å². The summed E-state index contributed by atoms with van der Waals surface area (Å²) < 4.78 is 0. The van der Waals surface area contributed by atoms with Crippen molar-refractivity contribution in [1.82, 2.24) is 0 Å². The third kappa shape index (κ3) is 1.41. The molecule has 1 aliphatic heterocycles. The molecule has 0 aromatic heterocycles. The zero-order chi connectivity index (χ0) is 13.8. The van der Waals surface area contributed by atoms with Crippen LogP contribution in [0.15, 0.2) is 48.5 Å². The molecule has 3 aromatic rings. The van der Waals surface area contributed by atoms with E-state index in [1.165, 1.54) is 42.9 Å². The fourth-order valence-corrected chi connectivity index (χ4v) is 3.74. The molecule has 0 bridgehead atoms. The third-order valence-corrected chi connectivity index (χ3v) is 4.62. The molecule has 1 heteroatoms. The summed E-state index contributed by atoms with van der Waals surface area (Å²) in [7, 11) is 0. The zero-order valence-corrected chi connectivity index (χ0v) is 11.7. The van der Waals surface area contributed by atoms with Crippen molar-refractivity contribution in [3.8, 4) is 0 Å². The topological polar surface area (TPSA) is 12.0 Å². The normalized spacial score (nSPS) is 14.5. The lowest BCUT2D eigenvalue weighted by atomic mass is 9.97. The average molecular weight is 269 g/mol. The first-order valence-corrected chi connectivity index (χ1v) is 7.53. The molecule has 100 valence electrons. The van der Waals surface area contributed by atoms with Crippen LogP contribution in [0.4, 0.5) is 5.69 Å². The maximum atomic E-state index is 3.63. The molecule has 0 atom stereocenters. The van der Waals surface area contributed by atoms with E-state index in [2.05, 4.69) is 66.0 Å². The molecule has 5 rings (SSSR count). The average Bonchev–Trinajstić information content (AvgIpc) is 2.95. The van der Waals surface area contributed by atoms with Crippen molar-refractivity contribution in [2.75, 3.05) is 11.9 Å². The molecule has 1 heterocycles. The Bertz CT molecular complexity index is 1110. The highest BCUT2D eigenvalue weighted by molar-refractivity contribution is 5.93. The van der Waals surface area contributed by atoms with Crippen LogP contribution in [0.1, 0.15) is 12.0 Å². The van der Waals surface area contributed by atoms with Gasteiger partial charge in [0, 0.05) is 23.0 Å². The van der Waals surface area contributed by atoms with Gasteiger partial charge in [-0.2, -0.15) is 0 Å². The standard InChI is InChI=1S/C20H15N/c1-2-7-14-13(6-1)12-18-19(14)16-9-4-3-8-15(16)17-10-5-11-21-20(17)18/h1-4,6-10,12,21H,5,11H2. The van der Waals surface area contributed by atoms with Gasteiger partial charge in [0.2, 0.25) is 0 Å². The van der Waals surface area contributed by atoms with Crippen LogP contribution in [0.2, 0.25) is 0 Å². The van der Waals surface area contributed by atoms with Crippen LogP contribution in [-0.2, 0) is 0 Å². The van der Waals surface area contributed by atoms with E-state index in [4.69, 9.17) is 0 Å². The molecule has 3 aromatic carbocycles. The van der Waals surface area contributed by atoms with Gasteiger partial charge in [0.15, 0.2) is 0 Å². The van der Waals surface area contributed by atoms with Crippen molar-refractivity contribution in [3.63, 3.8) is 0 Å². The van der Waals surface area contributed by atoms with E-state index in [-0.39, 0.29) is 0 Å². The molecular formula is C20H15N. The van der Waals surface area contributed by atoms with Crippen LogP contribution >= 0.6 is 0 Å². The van der Waals surface area contributed by atoms with Gasteiger partial charge < -0.3 is 5.32 Å². The highest BCUT2D eigenvalue weighted by Crippen LogP contribution is 2.26. The van der Waals surface area contributed by atoms with Gasteiger partial charge in [-0.25, -0.2) is 0 Å². The predicted octanol–water partition coefficient (Wildman–Crippen LogP) is 2.87. The molecular weight excluding hydrogens is 254 g/mol. The molecule has 0 fully saturated rings. The minimum atomic E-state index is 1.03. The van der Waals surface area contributed by atoms with E-state index < -0.39 is 0 Å². The third-order valence-electron chi connectivity index (χ3n) is 4.62. The fraction of sp³-hybridized carbons (Fsp3) is 0.100. The molecule has 0 radical (unpaired) electrons. The van der Waals surface area contributed by atoms with Gasteiger partial charge in [-0.1, -0.05) is 54.6 Å². The largest absolute Gasteiger partial charge is 0.384 e. The number of hydrogen-bond acceptors (Lipinski definition) is 1. The van der Waals surface area contributed by atoms with Crippen LogP contribution in [0.25, 0.3) is 22.9 Å². The minimum Gasteiger partial charge on any atom is -0.384 e. The summed E-state index contributed by atoms with van der Waals surface area (Å²) in [6, 6.07) is 17.5. The van der Waals surface area contributed by atoms with Crippen LogP contribution in [-0.4, -0.2) is 6.54 Å². The Balaban J connectivity index is 2.20. The molecule has 2 aliphatic rings. The molecule has 0 saturated carbocycles. The number of benzene rings is 3. The summed E-state index contributed by atoms with van der Waals surface area (Å²) in [5.41, 5.74) is 2.67. The fourth-order valence-electron chi connectivity index (χ4n) is 3.74. The summed E-state index contributed by atoms with van der Waals surface area (Å²) in [6.07, 6.45) is 5.82. The van der Waals surface area contributed by atoms with E-state index in [1.54, 1.807) is 0 Å². The minimum absolute atomic E-state index is 1.03. The van der Waals surface area contributed by atoms with Crippen molar-refractivity contribution in [2.24, 2.45) is 0 Å². The van der Waals surface area contributed by atoms with Gasteiger partial charge in [0.1, 0.15) is 0 Å². The summed E-state index contributed by atoms with van der Waals surface area (Å²) >= 11 is 0. The van der Waals surface area contributed by atoms with Gasteiger partial charge >= 0.3 is 0 Å². The Labute approximate surface area is 122 Å². The second kappa shape index (κ2) is 3.98. The van der Waals surface area contributed by atoms with Crippen molar-refractivity contribution >= 4 is 28.6 Å². The Morgan fingerprint density at radius 3 is 2.62 bits per heavy atom. The second-order valence-corrected chi connectivity index (χ2v) is 5.77. The van der Waals surface area contributed by atoms with E-state index >= 15 is 0 Å². The molecule has 0 amide bonds. The Hall–Kier alpha value is -2.54. The van der Waals surface area contributed by atoms with E-state index in [9.17, 15) is 0 Å². The van der Waals surface area contributed by atoms with E-state index in [0.717, 1.165) is 13.0 Å². The van der Waals surface area contributed by atoms with Crippen molar-refractivity contribution in [1.29, 1.82) is 0 Å². The van der Waals surface area contributed by atoms with Crippen molar-refractivity contribution in [3.05, 3.63) is 75.0 Å². The monoisotopic (exact) mass is 269 g/mol. The number of fused-ring (bicyclic) bond motifs is 7. The first-order chi connectivity index (χ1) is 10.4. The maximum absolute atomic E-state index is 3.63. The van der Waals surface area contributed by atoms with Crippen molar-refractivity contribution in [2.45, 2.75) is 6.42 Å². The maximum Gasteiger partial charge on any atom is 0.0497 e. The van der Waals surface area contributed by atoms with Crippen LogP contribution in [0.5, 0.6) is 0 Å². The highest BCUT2D eigenvalue weighted by atomic mass is 14.9. The Kier molecular flexibility index (Phi) is 2.12. The Morgan fingerprint density at radius 2 is 1.67 bits per heavy atom. The predicted molar refractivity (Wildman–Crippen MR) is 88.5 cm³/mol. The second-order valence-electron chi connectivity index (χ2n) is 5.77. The van der Waals surface area contributed by atoms with Gasteiger partial charge in [-0.3, -0.25) is 0 Å². The first kappa shape index (κ1) is 11.2. The molecule has 21 heavy (non-hydrogen) atoms. The molecule has 0 spiro atoms. The molecule has 0 unspecified atom stereocenters. The van der Waals surface area contributed by atoms with E-state index in [1.807, 2.05) is 0 Å². The van der Waals surface area contributed by atoms with E-state index in [0.29, 0.717) is 0 Å². The highest BCUT2D eigenvalue weighted by Gasteiger charge is 2.15. The number of nitrogens with one attached hydrogen (secondary N) is 1. The molecule has 0 saturated heterocycles. The number of anilines is 1. The SMILES string of the molecule is C1=c2ccccc2=c2c1c1c(c3ccccc23)=CCCN1. The smallest absolute Gasteiger partial charge is 0.0497 e. The lowest BCUT2D eigenvalue weighted by molar-refractivity contribution is 1.08. The Morgan fingerprint density at radius 1 is 0.857 bits per heavy atom. The lowest BCUT2D eigenvalue weighted by Gasteiger charge is -2.17. The van der Waals surface area contributed by atoms with Gasteiger partial charge in [0.05, 0.1) is 0 Å². The van der Waals surface area contributed by atoms with Crippen LogP contribution in [0, 0.1) is 10.4 Å². The summed E-state index contributed by atoms with van der Waals surface area (Å²) in [5.74, 6) is 0. The van der Waals surface area contributed by atoms with Crippen LogP contribution in [0.3, 0.4) is 0 Å². The molecule has 1 nitrogen and oxygen atoms in total. The zero-order valence-electron chi connectivity index (χ0n) is 11.7. The summed E-state index contributed by atoms with van der Waals surface area (Å²) in [5, 5.41) is 11.8. The lowest BCUT2D eigenvalue weighted by Crippen LogP contribution is -2.20. The quantitative estimate of drug-likeness (QED) is 0.517. The first-order valence-electron chi connectivity index (χ1n) is 7.53. The number of hydrogen-bond donors (Lipinski definition) is 1. The molecule has 1 N–H and O–H groups in total. The van der Waals surface area contributed by atoms with Crippen LogP contribution < -0.4 is 15.8 Å². The van der Waals surface area contributed by atoms with Gasteiger partial charge in [0.25, 0.3) is 0 Å². The molecule has 1 aliphatic carbocycles.